The van der Waals surface area contributed by atoms with E-state index in [1.54, 1.807) is 36.3 Å². The normalized spacial score (nSPS) is 18.1. The van der Waals surface area contributed by atoms with Crippen molar-refractivity contribution < 1.29 is 19.4 Å². The summed E-state index contributed by atoms with van der Waals surface area (Å²) in [6.07, 6.45) is 0. The van der Waals surface area contributed by atoms with Gasteiger partial charge in [0.05, 0.1) is 18.7 Å². The first-order chi connectivity index (χ1) is 14.9. The lowest BCUT2D eigenvalue weighted by Crippen LogP contribution is -2.38. The van der Waals surface area contributed by atoms with Crippen LogP contribution >= 0.6 is 15.9 Å². The van der Waals surface area contributed by atoms with Crippen LogP contribution < -0.4 is 4.74 Å². The van der Waals surface area contributed by atoms with Gasteiger partial charge in [-0.25, -0.2) is 0 Å². The molecule has 0 aliphatic carbocycles. The lowest BCUT2D eigenvalue weighted by Gasteiger charge is -2.28. The Bertz CT molecular complexity index is 966. The average Bonchev–Trinajstić information content (AvgIpc) is 3.05. The molecule has 1 N–H and O–H groups in total. The van der Waals surface area contributed by atoms with Gasteiger partial charge in [-0.1, -0.05) is 41.9 Å². The Morgan fingerprint density at radius 2 is 1.68 bits per heavy atom. The van der Waals surface area contributed by atoms with Gasteiger partial charge in [-0.2, -0.15) is 0 Å². The summed E-state index contributed by atoms with van der Waals surface area (Å²) in [5.41, 5.74) is 1.35. The number of ether oxygens (including phenoxy) is 1. The van der Waals surface area contributed by atoms with Gasteiger partial charge in [-0.15, -0.1) is 0 Å². The molecular formula is C24H27BrN2O4. The van der Waals surface area contributed by atoms with Gasteiger partial charge < -0.3 is 19.6 Å². The molecule has 1 fully saturated rings. The first kappa shape index (κ1) is 23.0. The first-order valence-corrected chi connectivity index (χ1v) is 11.1. The summed E-state index contributed by atoms with van der Waals surface area (Å²) < 4.78 is 6.07. The van der Waals surface area contributed by atoms with E-state index in [2.05, 4.69) is 34.7 Å². The zero-order chi connectivity index (χ0) is 22.5. The fourth-order valence-electron chi connectivity index (χ4n) is 3.80. The van der Waals surface area contributed by atoms with Crippen LogP contribution in [0.5, 0.6) is 5.75 Å². The van der Waals surface area contributed by atoms with Crippen molar-refractivity contribution in [2.45, 2.75) is 19.9 Å². The maximum atomic E-state index is 13.0. The minimum atomic E-state index is -0.666. The van der Waals surface area contributed by atoms with Gasteiger partial charge >= 0.3 is 0 Å². The highest BCUT2D eigenvalue weighted by Crippen LogP contribution is 2.39. The number of aliphatic hydroxyl groups is 1. The molecule has 164 valence electrons. The number of likely N-dealkylation sites (N-methyl/N-ethyl adjacent to an activating group) is 1. The van der Waals surface area contributed by atoms with Crippen molar-refractivity contribution in [1.29, 1.82) is 0 Å². The fourth-order valence-corrected chi connectivity index (χ4v) is 4.06. The second-order valence-electron chi connectivity index (χ2n) is 7.30. The largest absolute Gasteiger partial charge is 0.507 e. The van der Waals surface area contributed by atoms with Crippen LogP contribution in [-0.2, 0) is 9.59 Å². The van der Waals surface area contributed by atoms with E-state index in [1.165, 1.54) is 0 Å². The molecule has 31 heavy (non-hydrogen) atoms. The van der Waals surface area contributed by atoms with E-state index in [0.717, 1.165) is 23.1 Å². The summed E-state index contributed by atoms with van der Waals surface area (Å²) in [6, 6.07) is 13.6. The number of likely N-dealkylation sites (tertiary alicyclic amines) is 1. The Morgan fingerprint density at radius 3 is 2.23 bits per heavy atom. The van der Waals surface area contributed by atoms with Crippen LogP contribution in [0.25, 0.3) is 5.76 Å². The molecule has 2 aromatic carbocycles. The predicted octanol–water partition coefficient (Wildman–Crippen LogP) is 4.22. The molecule has 0 bridgehead atoms. The van der Waals surface area contributed by atoms with Crippen LogP contribution in [0.2, 0.25) is 0 Å². The second-order valence-corrected chi connectivity index (χ2v) is 8.22. The zero-order valence-corrected chi connectivity index (χ0v) is 19.6. The number of Topliss-reactive ketones (excluding diaryl/α,β-unsaturated/α-hetero) is 1. The standard InChI is InChI=1S/C24H27BrN2O4/c1-4-26(5-2)14-15-27-21(16-6-10-18(25)11-7-16)20(23(29)24(27)30)22(28)17-8-12-19(31-3)13-9-17/h6-13,21,28H,4-5,14-15H2,1-3H3. The SMILES string of the molecule is CCN(CC)CCN1C(=O)C(=O)C(=C(O)c2ccc(OC)cc2)C1c1ccc(Br)cc1. The Labute approximate surface area is 191 Å². The van der Waals surface area contributed by atoms with Crippen LogP contribution in [0.4, 0.5) is 0 Å². The third-order valence-electron chi connectivity index (χ3n) is 5.64. The van der Waals surface area contributed by atoms with Crippen molar-refractivity contribution in [2.75, 3.05) is 33.3 Å². The summed E-state index contributed by atoms with van der Waals surface area (Å²) in [7, 11) is 1.56. The van der Waals surface area contributed by atoms with E-state index in [4.69, 9.17) is 4.74 Å². The maximum absolute atomic E-state index is 13.0. The summed E-state index contributed by atoms with van der Waals surface area (Å²) in [6.45, 7) is 6.88. The molecule has 0 aromatic heterocycles. The van der Waals surface area contributed by atoms with Gasteiger partial charge in [0.2, 0.25) is 0 Å². The van der Waals surface area contributed by atoms with Crippen LogP contribution in [0, 0.1) is 0 Å². The summed E-state index contributed by atoms with van der Waals surface area (Å²) in [5, 5.41) is 11.1. The number of amides is 1. The molecule has 3 rings (SSSR count). The number of hydrogen-bond acceptors (Lipinski definition) is 5. The quantitative estimate of drug-likeness (QED) is 0.343. The smallest absolute Gasteiger partial charge is 0.295 e. The molecule has 1 aliphatic rings. The van der Waals surface area contributed by atoms with E-state index >= 15 is 0 Å². The number of rotatable bonds is 8. The van der Waals surface area contributed by atoms with Gasteiger partial charge in [0.25, 0.3) is 11.7 Å². The van der Waals surface area contributed by atoms with Crippen molar-refractivity contribution in [2.24, 2.45) is 0 Å². The summed E-state index contributed by atoms with van der Waals surface area (Å²) in [5.74, 6) is -0.795. The highest BCUT2D eigenvalue weighted by molar-refractivity contribution is 9.10. The van der Waals surface area contributed by atoms with E-state index in [-0.39, 0.29) is 11.3 Å². The monoisotopic (exact) mass is 486 g/mol. The number of aliphatic hydroxyl groups excluding tert-OH is 1. The Hall–Kier alpha value is -2.64. The lowest BCUT2D eigenvalue weighted by atomic mass is 9.95. The highest BCUT2D eigenvalue weighted by atomic mass is 79.9. The number of hydrogen-bond donors (Lipinski definition) is 1. The lowest BCUT2D eigenvalue weighted by molar-refractivity contribution is -0.140. The molecule has 2 aromatic rings. The van der Waals surface area contributed by atoms with E-state index in [1.807, 2.05) is 24.3 Å². The highest BCUT2D eigenvalue weighted by Gasteiger charge is 2.45. The Morgan fingerprint density at radius 1 is 1.06 bits per heavy atom. The van der Waals surface area contributed by atoms with Gasteiger partial charge in [0.15, 0.2) is 0 Å². The summed E-state index contributed by atoms with van der Waals surface area (Å²) in [4.78, 5) is 29.8. The van der Waals surface area contributed by atoms with Crippen LogP contribution in [0.15, 0.2) is 58.6 Å². The number of ketones is 1. The molecule has 6 nitrogen and oxygen atoms in total. The van der Waals surface area contributed by atoms with Crippen LogP contribution in [-0.4, -0.2) is 59.9 Å². The molecule has 0 spiro atoms. The molecule has 0 saturated carbocycles. The fraction of sp³-hybridized carbons (Fsp3) is 0.333. The number of methoxy groups -OCH3 is 1. The second kappa shape index (κ2) is 10.1. The molecule has 1 atom stereocenters. The van der Waals surface area contributed by atoms with Gasteiger partial charge in [-0.3, -0.25) is 9.59 Å². The van der Waals surface area contributed by atoms with Crippen molar-refractivity contribution in [3.63, 3.8) is 0 Å². The summed E-state index contributed by atoms with van der Waals surface area (Å²) >= 11 is 3.43. The number of carbonyl (C=O) groups excluding carboxylic acids is 2. The van der Waals surface area contributed by atoms with Crippen molar-refractivity contribution in [1.82, 2.24) is 9.80 Å². The van der Waals surface area contributed by atoms with E-state index in [0.29, 0.717) is 24.4 Å². The zero-order valence-electron chi connectivity index (χ0n) is 18.0. The van der Waals surface area contributed by atoms with Crippen LogP contribution in [0.1, 0.15) is 31.0 Å². The molecule has 7 heteroatoms. The number of benzene rings is 2. The number of halogens is 1. The van der Waals surface area contributed by atoms with Crippen molar-refractivity contribution in [3.05, 3.63) is 69.7 Å². The van der Waals surface area contributed by atoms with Gasteiger partial charge in [-0.05, 0) is 55.1 Å². The number of nitrogens with zero attached hydrogens (tertiary/aromatic N) is 2. The Balaban J connectivity index is 2.07. The first-order valence-electron chi connectivity index (χ1n) is 10.3. The molecule has 1 amide bonds. The van der Waals surface area contributed by atoms with Gasteiger partial charge in [0.1, 0.15) is 11.5 Å². The molecule has 1 aliphatic heterocycles. The average molecular weight is 487 g/mol. The third kappa shape index (κ3) is 4.83. The molecule has 0 radical (unpaired) electrons. The van der Waals surface area contributed by atoms with Gasteiger partial charge in [0, 0.05) is 23.1 Å². The minimum Gasteiger partial charge on any atom is -0.507 e. The minimum absolute atomic E-state index is 0.108. The Kier molecular flexibility index (Phi) is 7.51. The van der Waals surface area contributed by atoms with Crippen LogP contribution in [0.3, 0.4) is 0 Å². The molecule has 1 saturated heterocycles. The third-order valence-corrected chi connectivity index (χ3v) is 6.17. The predicted molar refractivity (Wildman–Crippen MR) is 124 cm³/mol. The number of carbonyl (C=O) groups is 2. The van der Waals surface area contributed by atoms with E-state index < -0.39 is 17.7 Å². The molecule has 1 unspecified atom stereocenters. The van der Waals surface area contributed by atoms with Crippen molar-refractivity contribution in [3.8, 4) is 5.75 Å². The van der Waals surface area contributed by atoms with Crippen molar-refractivity contribution >= 4 is 33.4 Å². The molecule has 1 heterocycles. The topological polar surface area (TPSA) is 70.1 Å². The van der Waals surface area contributed by atoms with E-state index in [9.17, 15) is 14.7 Å². The maximum Gasteiger partial charge on any atom is 0.295 e. The molecular weight excluding hydrogens is 460 g/mol.